The SMILES string of the molecule is CC(=O)N(Cc1ccc(F)cc1)C(C(=O)NCc1ccccc1Cl)c1ccccc1. The van der Waals surface area contributed by atoms with Crippen molar-refractivity contribution in [3.05, 3.63) is 106 Å². The van der Waals surface area contributed by atoms with Gasteiger partial charge in [0.25, 0.3) is 0 Å². The van der Waals surface area contributed by atoms with Gasteiger partial charge in [0, 0.05) is 25.0 Å². The number of carbonyl (C=O) groups is 2. The molecule has 3 aromatic carbocycles. The summed E-state index contributed by atoms with van der Waals surface area (Å²) in [6, 6.07) is 21.4. The molecule has 0 spiro atoms. The first-order valence-corrected chi connectivity index (χ1v) is 9.91. The van der Waals surface area contributed by atoms with Gasteiger partial charge in [-0.25, -0.2) is 4.39 Å². The van der Waals surface area contributed by atoms with Gasteiger partial charge in [-0.3, -0.25) is 9.59 Å². The van der Waals surface area contributed by atoms with Gasteiger partial charge in [0.05, 0.1) is 0 Å². The minimum absolute atomic E-state index is 0.175. The molecule has 1 N–H and O–H groups in total. The van der Waals surface area contributed by atoms with E-state index < -0.39 is 6.04 Å². The zero-order chi connectivity index (χ0) is 21.5. The molecule has 0 fully saturated rings. The summed E-state index contributed by atoms with van der Waals surface area (Å²) in [7, 11) is 0. The lowest BCUT2D eigenvalue weighted by Crippen LogP contribution is -2.42. The summed E-state index contributed by atoms with van der Waals surface area (Å²) in [5.74, 6) is -0.940. The molecule has 0 aliphatic heterocycles. The van der Waals surface area contributed by atoms with Crippen molar-refractivity contribution in [1.29, 1.82) is 0 Å². The highest BCUT2D eigenvalue weighted by Gasteiger charge is 2.29. The average molecular weight is 425 g/mol. The van der Waals surface area contributed by atoms with Crippen molar-refractivity contribution >= 4 is 23.4 Å². The van der Waals surface area contributed by atoms with Crippen molar-refractivity contribution in [2.24, 2.45) is 0 Å². The highest BCUT2D eigenvalue weighted by atomic mass is 35.5. The zero-order valence-corrected chi connectivity index (χ0v) is 17.3. The van der Waals surface area contributed by atoms with E-state index in [-0.39, 0.29) is 30.7 Å². The van der Waals surface area contributed by atoms with Crippen molar-refractivity contribution in [3.8, 4) is 0 Å². The van der Waals surface area contributed by atoms with Gasteiger partial charge in [-0.2, -0.15) is 0 Å². The fourth-order valence-electron chi connectivity index (χ4n) is 3.20. The Hall–Kier alpha value is -3.18. The van der Waals surface area contributed by atoms with E-state index in [0.717, 1.165) is 11.1 Å². The third-order valence-corrected chi connectivity index (χ3v) is 5.13. The Balaban J connectivity index is 1.88. The van der Waals surface area contributed by atoms with Crippen molar-refractivity contribution in [2.45, 2.75) is 26.1 Å². The van der Waals surface area contributed by atoms with Gasteiger partial charge in [0.2, 0.25) is 11.8 Å². The van der Waals surface area contributed by atoms with Crippen molar-refractivity contribution in [2.75, 3.05) is 0 Å². The molecule has 1 unspecified atom stereocenters. The predicted octanol–water partition coefficient (Wildman–Crippen LogP) is 4.89. The highest BCUT2D eigenvalue weighted by Crippen LogP contribution is 2.24. The molecule has 0 radical (unpaired) electrons. The monoisotopic (exact) mass is 424 g/mol. The van der Waals surface area contributed by atoms with Crippen LogP contribution in [0.2, 0.25) is 5.02 Å². The molecule has 3 rings (SSSR count). The molecular weight excluding hydrogens is 403 g/mol. The second kappa shape index (κ2) is 10.0. The maximum atomic E-state index is 13.3. The van der Waals surface area contributed by atoms with Gasteiger partial charge in [-0.15, -0.1) is 0 Å². The quantitative estimate of drug-likeness (QED) is 0.587. The number of hydrogen-bond acceptors (Lipinski definition) is 2. The third kappa shape index (κ3) is 5.45. The van der Waals surface area contributed by atoms with Gasteiger partial charge < -0.3 is 10.2 Å². The fraction of sp³-hybridized carbons (Fsp3) is 0.167. The van der Waals surface area contributed by atoms with E-state index in [4.69, 9.17) is 11.6 Å². The molecule has 0 aliphatic rings. The molecule has 1 atom stereocenters. The minimum atomic E-state index is -0.837. The number of amides is 2. The largest absolute Gasteiger partial charge is 0.350 e. The van der Waals surface area contributed by atoms with Crippen LogP contribution in [0.4, 0.5) is 4.39 Å². The van der Waals surface area contributed by atoms with Crippen LogP contribution in [-0.2, 0) is 22.7 Å². The zero-order valence-electron chi connectivity index (χ0n) is 16.5. The number of halogens is 2. The summed E-state index contributed by atoms with van der Waals surface area (Å²) < 4.78 is 13.3. The lowest BCUT2D eigenvalue weighted by molar-refractivity contribution is -0.140. The van der Waals surface area contributed by atoms with Crippen LogP contribution in [0.15, 0.2) is 78.9 Å². The lowest BCUT2D eigenvalue weighted by atomic mass is 10.0. The molecule has 2 amide bonds. The van der Waals surface area contributed by atoms with Crippen LogP contribution in [0.5, 0.6) is 0 Å². The Kier molecular flexibility index (Phi) is 7.20. The maximum Gasteiger partial charge on any atom is 0.247 e. The molecule has 0 heterocycles. The van der Waals surface area contributed by atoms with Gasteiger partial charge >= 0.3 is 0 Å². The van der Waals surface area contributed by atoms with E-state index in [2.05, 4.69) is 5.32 Å². The summed E-state index contributed by atoms with van der Waals surface area (Å²) in [5, 5.41) is 3.45. The molecule has 0 aliphatic carbocycles. The van der Waals surface area contributed by atoms with Crippen LogP contribution < -0.4 is 5.32 Å². The van der Waals surface area contributed by atoms with Crippen LogP contribution in [0.3, 0.4) is 0 Å². The summed E-state index contributed by atoms with van der Waals surface area (Å²) in [4.78, 5) is 27.2. The molecule has 0 aromatic heterocycles. The number of rotatable bonds is 7. The van der Waals surface area contributed by atoms with Crippen molar-refractivity contribution in [1.82, 2.24) is 10.2 Å². The molecule has 0 saturated carbocycles. The fourth-order valence-corrected chi connectivity index (χ4v) is 3.40. The van der Waals surface area contributed by atoms with E-state index in [0.29, 0.717) is 10.6 Å². The van der Waals surface area contributed by atoms with E-state index in [1.54, 1.807) is 30.3 Å². The molecule has 3 aromatic rings. The first kappa shape index (κ1) is 21.5. The van der Waals surface area contributed by atoms with Gasteiger partial charge in [0.1, 0.15) is 11.9 Å². The number of benzene rings is 3. The van der Waals surface area contributed by atoms with E-state index in [1.165, 1.54) is 24.0 Å². The van der Waals surface area contributed by atoms with Crippen LogP contribution >= 0.6 is 11.6 Å². The van der Waals surface area contributed by atoms with Crippen molar-refractivity contribution < 1.29 is 14.0 Å². The van der Waals surface area contributed by atoms with Crippen molar-refractivity contribution in [3.63, 3.8) is 0 Å². The molecule has 4 nitrogen and oxygen atoms in total. The predicted molar refractivity (Wildman–Crippen MR) is 115 cm³/mol. The second-order valence-corrected chi connectivity index (χ2v) is 7.30. The van der Waals surface area contributed by atoms with E-state index in [1.807, 2.05) is 36.4 Å². The first-order valence-electron chi connectivity index (χ1n) is 9.53. The first-order chi connectivity index (χ1) is 14.5. The number of carbonyl (C=O) groups excluding carboxylic acids is 2. The van der Waals surface area contributed by atoms with Gasteiger partial charge in [-0.05, 0) is 34.9 Å². The van der Waals surface area contributed by atoms with Crippen LogP contribution in [0.25, 0.3) is 0 Å². The van der Waals surface area contributed by atoms with Crippen LogP contribution in [0, 0.1) is 5.82 Å². The van der Waals surface area contributed by atoms with E-state index in [9.17, 15) is 14.0 Å². The topological polar surface area (TPSA) is 49.4 Å². The normalized spacial score (nSPS) is 11.6. The summed E-state index contributed by atoms with van der Waals surface area (Å²) >= 11 is 6.19. The van der Waals surface area contributed by atoms with E-state index >= 15 is 0 Å². The molecule has 30 heavy (non-hydrogen) atoms. The van der Waals surface area contributed by atoms with Crippen LogP contribution in [-0.4, -0.2) is 16.7 Å². The molecule has 6 heteroatoms. The van der Waals surface area contributed by atoms with Crippen LogP contribution in [0.1, 0.15) is 29.7 Å². The summed E-state index contributed by atoms with van der Waals surface area (Å²) in [6.07, 6.45) is 0. The summed E-state index contributed by atoms with van der Waals surface area (Å²) in [6.45, 7) is 1.83. The Morgan fingerprint density at radius 2 is 1.60 bits per heavy atom. The standard InChI is InChI=1S/C24H22ClFN2O2/c1-17(29)28(16-18-11-13-21(26)14-12-18)23(19-7-3-2-4-8-19)24(30)27-15-20-9-5-6-10-22(20)25/h2-14,23H,15-16H2,1H3,(H,27,30). The Morgan fingerprint density at radius 1 is 0.967 bits per heavy atom. The molecule has 0 bridgehead atoms. The highest BCUT2D eigenvalue weighted by molar-refractivity contribution is 6.31. The number of nitrogens with one attached hydrogen (secondary N) is 1. The number of nitrogens with zero attached hydrogens (tertiary/aromatic N) is 1. The lowest BCUT2D eigenvalue weighted by Gasteiger charge is -2.30. The second-order valence-electron chi connectivity index (χ2n) is 6.90. The Bertz CT molecular complexity index is 1010. The van der Waals surface area contributed by atoms with Gasteiger partial charge in [0.15, 0.2) is 0 Å². The average Bonchev–Trinajstić information content (AvgIpc) is 2.75. The smallest absolute Gasteiger partial charge is 0.247 e. The maximum absolute atomic E-state index is 13.3. The number of hydrogen-bond donors (Lipinski definition) is 1. The summed E-state index contributed by atoms with van der Waals surface area (Å²) in [5.41, 5.74) is 2.20. The minimum Gasteiger partial charge on any atom is -0.350 e. The Morgan fingerprint density at radius 3 is 2.23 bits per heavy atom. The molecule has 154 valence electrons. The third-order valence-electron chi connectivity index (χ3n) is 4.76. The molecule has 0 saturated heterocycles. The Labute approximate surface area is 180 Å². The molecular formula is C24H22ClFN2O2. The van der Waals surface area contributed by atoms with Gasteiger partial charge in [-0.1, -0.05) is 72.3 Å².